The Morgan fingerprint density at radius 2 is 2.32 bits per heavy atom. The van der Waals surface area contributed by atoms with E-state index < -0.39 is 7.05 Å². The number of rotatable bonds is 4. The molecule has 0 bridgehead atoms. The maximum absolute atomic E-state index is 9.97. The van der Waals surface area contributed by atoms with Gasteiger partial charge in [0.2, 0.25) is 0 Å². The summed E-state index contributed by atoms with van der Waals surface area (Å²) in [6.07, 6.45) is 3.76. The molecule has 0 aliphatic heterocycles. The summed E-state index contributed by atoms with van der Waals surface area (Å²) in [7, 11) is -0.572. The van der Waals surface area contributed by atoms with E-state index in [-0.39, 0.29) is 0 Å². The molecule has 100 valence electrons. The molecule has 0 amide bonds. The molecule has 2 rings (SSSR count). The molecule has 1 aromatic carbocycles. The third-order valence-electron chi connectivity index (χ3n) is 3.11. The normalized spacial score (nSPS) is 11.4. The van der Waals surface area contributed by atoms with Gasteiger partial charge in [0.1, 0.15) is 0 Å². The zero-order valence-corrected chi connectivity index (χ0v) is 13.7. The first-order valence-electron chi connectivity index (χ1n) is 6.02. The van der Waals surface area contributed by atoms with Crippen LogP contribution in [0.25, 0.3) is 10.9 Å². The summed E-state index contributed by atoms with van der Waals surface area (Å²) >= 11 is 7.91. The lowest BCUT2D eigenvalue weighted by Crippen LogP contribution is -2.37. The number of H-pyrrole nitrogens is 1. The number of aryl methyl sites for hydroxylation is 1. The van der Waals surface area contributed by atoms with Gasteiger partial charge in [-0.15, -0.1) is 0 Å². The van der Waals surface area contributed by atoms with E-state index in [4.69, 9.17) is 11.6 Å². The monoisotopic (exact) mass is 388 g/mol. The Kier molecular flexibility index (Phi) is 4.81. The Hall–Kier alpha value is -0.655. The van der Waals surface area contributed by atoms with Crippen molar-refractivity contribution in [2.75, 3.05) is 11.4 Å². The van der Waals surface area contributed by atoms with Crippen LogP contribution >= 0.6 is 34.2 Å². The molecular weight excluding hydrogens is 373 g/mol. The molecule has 0 aliphatic rings. The summed E-state index contributed by atoms with van der Waals surface area (Å²) in [6, 6.07) is 4.15. The minimum atomic E-state index is -0.572. The van der Waals surface area contributed by atoms with Gasteiger partial charge in [-0.3, -0.25) is 0 Å². The van der Waals surface area contributed by atoms with E-state index in [2.05, 4.69) is 46.6 Å². The molecule has 0 aliphatic carbocycles. The van der Waals surface area contributed by atoms with Crippen LogP contribution in [-0.4, -0.2) is 23.6 Å². The number of halogens is 2. The molecule has 19 heavy (non-hydrogen) atoms. The number of hydrogen-bond donors (Lipinski definition) is 2. The molecule has 6 heteroatoms. The van der Waals surface area contributed by atoms with Crippen molar-refractivity contribution in [1.29, 1.82) is 0 Å². The van der Waals surface area contributed by atoms with Crippen molar-refractivity contribution in [1.82, 2.24) is 4.98 Å². The summed E-state index contributed by atoms with van der Waals surface area (Å²) < 4.78 is 1.13. The maximum atomic E-state index is 9.97. The lowest BCUT2D eigenvalue weighted by Gasteiger charge is -2.26. The van der Waals surface area contributed by atoms with Gasteiger partial charge in [-0.2, -0.15) is 0 Å². The van der Waals surface area contributed by atoms with Crippen LogP contribution in [-0.2, 0) is 0 Å². The molecule has 1 aromatic heterocycles. The van der Waals surface area contributed by atoms with E-state index >= 15 is 0 Å². The molecule has 2 N–H and O–H groups in total. The summed E-state index contributed by atoms with van der Waals surface area (Å²) in [5.74, 6) is 0. The van der Waals surface area contributed by atoms with Gasteiger partial charge in [-0.25, -0.2) is 0 Å². The average molecular weight is 388 g/mol. The van der Waals surface area contributed by atoms with E-state index in [1.54, 1.807) is 6.82 Å². The van der Waals surface area contributed by atoms with Crippen molar-refractivity contribution in [3.63, 3.8) is 0 Å². The molecule has 0 saturated heterocycles. The number of hydrogen-bond acceptors (Lipinski definition) is 2. The molecule has 0 atom stereocenters. The Bertz CT molecular complexity index is 612. The van der Waals surface area contributed by atoms with E-state index in [9.17, 15) is 5.02 Å². The molecule has 0 radical (unpaired) electrons. The van der Waals surface area contributed by atoms with E-state index in [0.29, 0.717) is 6.54 Å². The molecule has 0 spiro atoms. The first kappa shape index (κ1) is 14.7. The molecule has 0 saturated carbocycles. The van der Waals surface area contributed by atoms with Crippen LogP contribution in [0.2, 0.25) is 6.82 Å². The SMILES string of the molecule is CB(O)N(C/C=C/Cl)c1cc(C)c2[nH]ccc2c1I. The Balaban J connectivity index is 2.55. The average Bonchev–Trinajstić information content (AvgIpc) is 2.85. The van der Waals surface area contributed by atoms with Crippen molar-refractivity contribution in [2.24, 2.45) is 0 Å². The second-order valence-corrected chi connectivity index (χ2v) is 5.77. The topological polar surface area (TPSA) is 39.3 Å². The number of fused-ring (bicyclic) bond motifs is 1. The van der Waals surface area contributed by atoms with Crippen molar-refractivity contribution in [3.05, 3.63) is 39.1 Å². The zero-order valence-electron chi connectivity index (χ0n) is 10.8. The number of anilines is 1. The van der Waals surface area contributed by atoms with E-state index in [1.807, 2.05) is 17.1 Å². The fraction of sp³-hybridized carbons (Fsp3) is 0.231. The Morgan fingerprint density at radius 1 is 1.58 bits per heavy atom. The highest BCUT2D eigenvalue weighted by Gasteiger charge is 2.20. The van der Waals surface area contributed by atoms with Crippen LogP contribution in [0, 0.1) is 10.5 Å². The predicted molar refractivity (Wildman–Crippen MR) is 91.9 cm³/mol. The number of benzene rings is 1. The minimum Gasteiger partial charge on any atom is -0.432 e. The van der Waals surface area contributed by atoms with Gasteiger partial charge in [0, 0.05) is 38.4 Å². The number of nitrogens with zero attached hydrogens (tertiary/aromatic N) is 1. The highest BCUT2D eigenvalue weighted by Crippen LogP contribution is 2.32. The van der Waals surface area contributed by atoms with Crippen LogP contribution < -0.4 is 4.81 Å². The highest BCUT2D eigenvalue weighted by atomic mass is 127. The molecule has 0 unspecified atom stereocenters. The Labute approximate surface area is 131 Å². The maximum Gasteiger partial charge on any atom is 0.409 e. The Morgan fingerprint density at radius 3 is 2.95 bits per heavy atom. The second kappa shape index (κ2) is 6.20. The molecule has 0 fully saturated rings. The first-order chi connectivity index (χ1) is 9.06. The zero-order chi connectivity index (χ0) is 14.0. The highest BCUT2D eigenvalue weighted by molar-refractivity contribution is 14.1. The fourth-order valence-electron chi connectivity index (χ4n) is 2.17. The lowest BCUT2D eigenvalue weighted by atomic mass is 9.84. The fourth-order valence-corrected chi connectivity index (χ4v) is 3.17. The summed E-state index contributed by atoms with van der Waals surface area (Å²) in [5.41, 5.74) is 4.81. The van der Waals surface area contributed by atoms with Gasteiger partial charge >= 0.3 is 7.05 Å². The van der Waals surface area contributed by atoms with Crippen molar-refractivity contribution < 1.29 is 5.02 Å². The minimum absolute atomic E-state index is 0.572. The van der Waals surface area contributed by atoms with E-state index in [1.165, 1.54) is 10.9 Å². The lowest BCUT2D eigenvalue weighted by molar-refractivity contribution is 0.573. The molecule has 1 heterocycles. The summed E-state index contributed by atoms with van der Waals surface area (Å²) in [4.78, 5) is 5.16. The largest absolute Gasteiger partial charge is 0.432 e. The van der Waals surface area contributed by atoms with Gasteiger partial charge in [-0.05, 0) is 54.0 Å². The molecular formula is C13H15BClIN2O. The number of nitrogens with one attached hydrogen (secondary N) is 1. The van der Waals surface area contributed by atoms with Gasteiger partial charge in [-0.1, -0.05) is 17.7 Å². The van der Waals surface area contributed by atoms with Gasteiger partial charge in [0.05, 0.1) is 0 Å². The van der Waals surface area contributed by atoms with Crippen molar-refractivity contribution >= 4 is 57.8 Å². The molecule has 3 nitrogen and oxygen atoms in total. The number of aromatic amines is 1. The van der Waals surface area contributed by atoms with Crippen LogP contribution in [0.15, 0.2) is 29.9 Å². The smallest absolute Gasteiger partial charge is 0.409 e. The standard InChI is InChI=1S/C13H15BClIN2O/c1-9-8-11(18(14(2)19)7-3-5-15)12(16)10-4-6-17-13(9)10/h3-6,8,17,19H,7H2,1-2H3/b5-3+. The van der Waals surface area contributed by atoms with Gasteiger partial charge < -0.3 is 14.8 Å². The molecule has 2 aromatic rings. The van der Waals surface area contributed by atoms with Crippen LogP contribution in [0.3, 0.4) is 0 Å². The quantitative estimate of drug-likeness (QED) is 0.619. The van der Waals surface area contributed by atoms with E-state index in [0.717, 1.165) is 20.3 Å². The van der Waals surface area contributed by atoms with Crippen LogP contribution in [0.1, 0.15) is 5.56 Å². The number of aromatic nitrogens is 1. The van der Waals surface area contributed by atoms with Crippen molar-refractivity contribution in [3.8, 4) is 0 Å². The third-order valence-corrected chi connectivity index (χ3v) is 4.42. The van der Waals surface area contributed by atoms with Crippen LogP contribution in [0.5, 0.6) is 0 Å². The first-order valence-corrected chi connectivity index (χ1v) is 7.54. The summed E-state index contributed by atoms with van der Waals surface area (Å²) in [6.45, 7) is 4.40. The van der Waals surface area contributed by atoms with Crippen LogP contribution in [0.4, 0.5) is 5.69 Å². The van der Waals surface area contributed by atoms with Gasteiger partial charge in [0.15, 0.2) is 0 Å². The van der Waals surface area contributed by atoms with Gasteiger partial charge in [0.25, 0.3) is 0 Å². The van der Waals surface area contributed by atoms with Crippen molar-refractivity contribution in [2.45, 2.75) is 13.7 Å². The third kappa shape index (κ3) is 2.93. The summed E-state index contributed by atoms with van der Waals surface area (Å²) in [5, 5.41) is 11.1. The predicted octanol–water partition coefficient (Wildman–Crippen LogP) is 3.75. The second-order valence-electron chi connectivity index (χ2n) is 4.44.